The predicted octanol–water partition coefficient (Wildman–Crippen LogP) is 3.44. The molecule has 0 spiro atoms. The first kappa shape index (κ1) is 15.7. The maximum atomic E-state index is 12.1. The molecule has 120 valence electrons. The highest BCUT2D eigenvalue weighted by molar-refractivity contribution is 8.18. The predicted molar refractivity (Wildman–Crippen MR) is 91.1 cm³/mol. The van der Waals surface area contributed by atoms with Gasteiger partial charge in [0, 0.05) is 25.2 Å². The summed E-state index contributed by atoms with van der Waals surface area (Å²) in [5, 5.41) is 11.6. The van der Waals surface area contributed by atoms with E-state index in [0.29, 0.717) is 10.5 Å². The molecule has 0 atom stereocenters. The lowest BCUT2D eigenvalue weighted by Gasteiger charge is -2.20. The summed E-state index contributed by atoms with van der Waals surface area (Å²) in [6, 6.07) is 6.26. The van der Waals surface area contributed by atoms with Crippen molar-refractivity contribution in [2.24, 2.45) is 4.99 Å². The average molecular weight is 331 g/mol. The molecule has 1 aromatic carbocycles. The van der Waals surface area contributed by atoms with Crippen LogP contribution in [0.5, 0.6) is 0 Å². The van der Waals surface area contributed by atoms with Crippen LogP contribution in [0.2, 0.25) is 0 Å². The number of thioether (sulfide) groups is 1. The molecule has 0 N–H and O–H groups in total. The van der Waals surface area contributed by atoms with E-state index in [2.05, 4.69) is 9.89 Å². The zero-order valence-corrected chi connectivity index (χ0v) is 13.4. The Kier molecular flexibility index (Phi) is 4.76. The van der Waals surface area contributed by atoms with E-state index in [1.807, 2.05) is 0 Å². The number of carbonyl (C=O) groups is 1. The molecule has 1 fully saturated rings. The number of amides is 1. The van der Waals surface area contributed by atoms with E-state index >= 15 is 0 Å². The first-order valence-electron chi connectivity index (χ1n) is 7.65. The van der Waals surface area contributed by atoms with Gasteiger partial charge in [-0.2, -0.15) is 4.99 Å². The van der Waals surface area contributed by atoms with Gasteiger partial charge in [0.15, 0.2) is 5.17 Å². The molecule has 0 radical (unpaired) electrons. The minimum Gasteiger partial charge on any atom is -0.351 e. The molecule has 23 heavy (non-hydrogen) atoms. The van der Waals surface area contributed by atoms with Crippen molar-refractivity contribution in [3.05, 3.63) is 44.8 Å². The van der Waals surface area contributed by atoms with Crippen molar-refractivity contribution in [1.82, 2.24) is 4.90 Å². The van der Waals surface area contributed by atoms with E-state index < -0.39 is 4.92 Å². The minimum absolute atomic E-state index is 0.0171. The second-order valence-electron chi connectivity index (χ2n) is 5.56. The monoisotopic (exact) mass is 331 g/mol. The van der Waals surface area contributed by atoms with Crippen molar-refractivity contribution in [3.8, 4) is 0 Å². The lowest BCUT2D eigenvalue weighted by molar-refractivity contribution is -0.384. The number of aliphatic imine (C=N–C) groups is 1. The van der Waals surface area contributed by atoms with Crippen molar-refractivity contribution in [3.63, 3.8) is 0 Å². The fraction of sp³-hybridized carbons (Fsp3) is 0.375. The summed E-state index contributed by atoms with van der Waals surface area (Å²) in [6.07, 6.45) is 6.36. The van der Waals surface area contributed by atoms with Crippen LogP contribution in [-0.4, -0.2) is 34.0 Å². The third kappa shape index (κ3) is 3.79. The van der Waals surface area contributed by atoms with Crippen LogP contribution >= 0.6 is 11.8 Å². The lowest BCUT2D eigenvalue weighted by Crippen LogP contribution is -2.28. The van der Waals surface area contributed by atoms with E-state index in [-0.39, 0.29) is 11.6 Å². The van der Waals surface area contributed by atoms with Gasteiger partial charge in [-0.15, -0.1) is 0 Å². The minimum atomic E-state index is -0.440. The molecule has 0 unspecified atom stereocenters. The second kappa shape index (κ2) is 6.95. The number of nitrogens with zero attached hydrogens (tertiary/aromatic N) is 3. The smallest absolute Gasteiger partial charge is 0.286 e. The molecule has 2 aliphatic heterocycles. The maximum Gasteiger partial charge on any atom is 0.286 e. The van der Waals surface area contributed by atoms with E-state index in [1.165, 1.54) is 36.7 Å². The summed E-state index contributed by atoms with van der Waals surface area (Å²) in [5.74, 6) is -0.263. The van der Waals surface area contributed by atoms with Gasteiger partial charge >= 0.3 is 0 Å². The van der Waals surface area contributed by atoms with Crippen molar-refractivity contribution < 1.29 is 9.72 Å². The van der Waals surface area contributed by atoms with Crippen molar-refractivity contribution in [2.45, 2.75) is 25.7 Å². The molecular formula is C16H17N3O3S. The topological polar surface area (TPSA) is 75.8 Å². The zero-order valence-electron chi connectivity index (χ0n) is 12.6. The Labute approximate surface area is 138 Å². The van der Waals surface area contributed by atoms with E-state index in [4.69, 9.17) is 0 Å². The molecule has 0 aliphatic carbocycles. The van der Waals surface area contributed by atoms with Crippen LogP contribution in [0.25, 0.3) is 6.08 Å². The van der Waals surface area contributed by atoms with Gasteiger partial charge in [0.25, 0.3) is 11.6 Å². The second-order valence-corrected chi connectivity index (χ2v) is 6.57. The Bertz CT molecular complexity index is 692. The Hall–Kier alpha value is -2.15. The standard InChI is InChI=1S/C16H17N3O3S/c20-15-14(11-12-6-5-7-13(10-12)19(21)22)23-16(17-15)18-8-3-1-2-4-9-18/h5-7,10-11H,1-4,8-9H2/b14-11-. The summed E-state index contributed by atoms with van der Waals surface area (Å²) >= 11 is 1.36. The third-order valence-corrected chi connectivity index (χ3v) is 4.91. The van der Waals surface area contributed by atoms with Gasteiger partial charge in [0.05, 0.1) is 9.83 Å². The highest BCUT2D eigenvalue weighted by Crippen LogP contribution is 2.31. The first-order chi connectivity index (χ1) is 11.1. The van der Waals surface area contributed by atoms with Gasteiger partial charge in [0.2, 0.25) is 0 Å². The SMILES string of the molecule is O=C1N=C(N2CCCCCC2)S/C1=C\c1cccc([N+](=O)[O-])c1. The van der Waals surface area contributed by atoms with Gasteiger partial charge in [-0.3, -0.25) is 14.9 Å². The number of non-ortho nitro benzene ring substituents is 1. The number of likely N-dealkylation sites (tertiary alicyclic amines) is 1. The van der Waals surface area contributed by atoms with Crippen molar-refractivity contribution in [2.75, 3.05) is 13.1 Å². The summed E-state index contributed by atoms with van der Waals surface area (Å²) in [5.41, 5.74) is 0.658. The number of amidine groups is 1. The molecular weight excluding hydrogens is 314 g/mol. The van der Waals surface area contributed by atoms with Crippen molar-refractivity contribution >= 4 is 34.6 Å². The van der Waals surface area contributed by atoms with E-state index in [9.17, 15) is 14.9 Å². The third-order valence-electron chi connectivity index (χ3n) is 3.86. The number of rotatable bonds is 2. The molecule has 0 bridgehead atoms. The summed E-state index contributed by atoms with van der Waals surface area (Å²) in [7, 11) is 0. The Morgan fingerprint density at radius 2 is 1.96 bits per heavy atom. The number of hydrogen-bond acceptors (Lipinski definition) is 5. The molecule has 0 saturated carbocycles. The Morgan fingerprint density at radius 1 is 1.22 bits per heavy atom. The Morgan fingerprint density at radius 3 is 2.65 bits per heavy atom. The van der Waals surface area contributed by atoms with Crippen LogP contribution in [-0.2, 0) is 4.79 Å². The van der Waals surface area contributed by atoms with Crippen LogP contribution in [0.3, 0.4) is 0 Å². The van der Waals surface area contributed by atoms with E-state index in [1.54, 1.807) is 18.2 Å². The lowest BCUT2D eigenvalue weighted by atomic mass is 10.2. The van der Waals surface area contributed by atoms with Crippen molar-refractivity contribution in [1.29, 1.82) is 0 Å². The van der Waals surface area contributed by atoms with Gasteiger partial charge < -0.3 is 4.90 Å². The highest BCUT2D eigenvalue weighted by Gasteiger charge is 2.26. The maximum absolute atomic E-state index is 12.1. The van der Waals surface area contributed by atoms with Crippen LogP contribution in [0.1, 0.15) is 31.2 Å². The zero-order chi connectivity index (χ0) is 16.2. The molecule has 3 rings (SSSR count). The fourth-order valence-electron chi connectivity index (χ4n) is 2.67. The summed E-state index contributed by atoms with van der Waals surface area (Å²) in [4.78, 5) is 29.3. The highest BCUT2D eigenvalue weighted by atomic mass is 32.2. The quantitative estimate of drug-likeness (QED) is 0.471. The number of hydrogen-bond donors (Lipinski definition) is 0. The molecule has 2 aliphatic rings. The Balaban J connectivity index is 1.76. The van der Waals surface area contributed by atoms with Crippen LogP contribution in [0.15, 0.2) is 34.2 Å². The molecule has 2 heterocycles. The van der Waals surface area contributed by atoms with Gasteiger partial charge in [-0.25, -0.2) is 0 Å². The average Bonchev–Trinajstić information content (AvgIpc) is 2.76. The molecule has 6 nitrogen and oxygen atoms in total. The van der Waals surface area contributed by atoms with Gasteiger partial charge in [-0.05, 0) is 36.2 Å². The number of carbonyl (C=O) groups excluding carboxylic acids is 1. The normalized spacial score (nSPS) is 20.5. The summed E-state index contributed by atoms with van der Waals surface area (Å²) in [6.45, 7) is 1.87. The summed E-state index contributed by atoms with van der Waals surface area (Å²) < 4.78 is 0. The molecule has 1 aromatic rings. The van der Waals surface area contributed by atoms with Crippen LogP contribution in [0.4, 0.5) is 5.69 Å². The molecule has 7 heteroatoms. The van der Waals surface area contributed by atoms with E-state index in [0.717, 1.165) is 31.1 Å². The van der Waals surface area contributed by atoms with Gasteiger partial charge in [-0.1, -0.05) is 25.0 Å². The molecule has 1 amide bonds. The molecule has 1 saturated heterocycles. The number of benzene rings is 1. The number of nitro groups is 1. The fourth-order valence-corrected chi connectivity index (χ4v) is 3.64. The number of nitro benzene ring substituents is 1. The van der Waals surface area contributed by atoms with Gasteiger partial charge in [0.1, 0.15) is 0 Å². The van der Waals surface area contributed by atoms with Crippen LogP contribution in [0, 0.1) is 10.1 Å². The molecule has 0 aromatic heterocycles. The largest absolute Gasteiger partial charge is 0.351 e. The van der Waals surface area contributed by atoms with Crippen LogP contribution < -0.4 is 0 Å². The first-order valence-corrected chi connectivity index (χ1v) is 8.47.